The second kappa shape index (κ2) is 9.73. The van der Waals surface area contributed by atoms with Crippen molar-refractivity contribution in [3.63, 3.8) is 0 Å². The predicted octanol–water partition coefficient (Wildman–Crippen LogP) is 2.80. The molecule has 23 heavy (non-hydrogen) atoms. The fraction of sp³-hybridized carbons (Fsp3) is 0.529. The van der Waals surface area contributed by atoms with Gasteiger partial charge in [0.15, 0.2) is 5.96 Å². The number of aliphatic imine (C=N–C) groups is 1. The molecule has 0 radical (unpaired) electrons. The topological polar surface area (TPSA) is 69.4 Å². The highest BCUT2D eigenvalue weighted by Gasteiger charge is 2.29. The van der Waals surface area contributed by atoms with Crippen molar-refractivity contribution in [1.82, 2.24) is 10.6 Å². The summed E-state index contributed by atoms with van der Waals surface area (Å²) in [5, 5.41) is 15.4. The van der Waals surface area contributed by atoms with E-state index >= 15 is 0 Å². The second-order valence-corrected chi connectivity index (χ2v) is 5.76. The van der Waals surface area contributed by atoms with Crippen molar-refractivity contribution >= 4 is 29.9 Å². The van der Waals surface area contributed by atoms with E-state index in [9.17, 15) is 0 Å². The second-order valence-electron chi connectivity index (χ2n) is 5.76. The first kappa shape index (κ1) is 19.7. The SMILES string of the molecule is CCNC(=NCc1ccc(C#N)cc1)NCC1(C)CCCO1.I. The summed E-state index contributed by atoms with van der Waals surface area (Å²) in [4.78, 5) is 4.59. The molecule has 1 fully saturated rings. The van der Waals surface area contributed by atoms with E-state index in [1.807, 2.05) is 31.2 Å². The van der Waals surface area contributed by atoms with Crippen LogP contribution in [0.4, 0.5) is 0 Å². The Morgan fingerprint density at radius 3 is 2.65 bits per heavy atom. The average Bonchev–Trinajstić information content (AvgIpc) is 2.98. The van der Waals surface area contributed by atoms with Gasteiger partial charge in [0, 0.05) is 19.7 Å². The standard InChI is InChI=1S/C17H24N4O.HI/c1-3-19-16(21-13-17(2)9-4-10-22-17)20-12-15-7-5-14(11-18)6-8-15;/h5-8H,3-4,9-10,12-13H2,1-2H3,(H2,19,20,21);1H. The van der Waals surface area contributed by atoms with E-state index in [4.69, 9.17) is 10.00 Å². The molecule has 0 aliphatic carbocycles. The fourth-order valence-electron chi connectivity index (χ4n) is 2.44. The van der Waals surface area contributed by atoms with Crippen LogP contribution in [-0.2, 0) is 11.3 Å². The molecule has 1 heterocycles. The van der Waals surface area contributed by atoms with E-state index in [0.29, 0.717) is 12.1 Å². The summed E-state index contributed by atoms with van der Waals surface area (Å²) in [6.45, 7) is 7.18. The van der Waals surface area contributed by atoms with E-state index in [2.05, 4.69) is 28.6 Å². The summed E-state index contributed by atoms with van der Waals surface area (Å²) in [5.74, 6) is 0.795. The molecule has 1 aromatic carbocycles. The Hall–Kier alpha value is -1.33. The van der Waals surface area contributed by atoms with Crippen LogP contribution < -0.4 is 10.6 Å². The quantitative estimate of drug-likeness (QED) is 0.430. The average molecular weight is 428 g/mol. The largest absolute Gasteiger partial charge is 0.373 e. The lowest BCUT2D eigenvalue weighted by molar-refractivity contribution is 0.0243. The Bertz CT molecular complexity index is 545. The van der Waals surface area contributed by atoms with Crippen molar-refractivity contribution in [3.05, 3.63) is 35.4 Å². The minimum absolute atomic E-state index is 0. The molecular weight excluding hydrogens is 403 g/mol. The summed E-state index contributed by atoms with van der Waals surface area (Å²) < 4.78 is 5.78. The van der Waals surface area contributed by atoms with Crippen LogP contribution in [0, 0.1) is 11.3 Å². The van der Waals surface area contributed by atoms with Crippen molar-refractivity contribution in [2.45, 2.75) is 38.8 Å². The highest BCUT2D eigenvalue weighted by atomic mass is 127. The van der Waals surface area contributed by atoms with Crippen molar-refractivity contribution < 1.29 is 4.74 Å². The number of nitrogens with zero attached hydrogens (tertiary/aromatic N) is 2. The molecular formula is C17H25IN4O. The summed E-state index contributed by atoms with van der Waals surface area (Å²) in [6, 6.07) is 9.63. The lowest BCUT2D eigenvalue weighted by Crippen LogP contribution is -2.45. The maximum atomic E-state index is 8.81. The summed E-state index contributed by atoms with van der Waals surface area (Å²) in [7, 11) is 0. The zero-order chi connectivity index (χ0) is 15.8. The van der Waals surface area contributed by atoms with E-state index < -0.39 is 0 Å². The Labute approximate surface area is 155 Å². The van der Waals surface area contributed by atoms with Gasteiger partial charge in [-0.05, 0) is 44.4 Å². The first-order valence-electron chi connectivity index (χ1n) is 7.80. The zero-order valence-corrected chi connectivity index (χ0v) is 16.1. The third-order valence-corrected chi connectivity index (χ3v) is 3.78. The van der Waals surface area contributed by atoms with Crippen LogP contribution in [0.5, 0.6) is 0 Å². The molecule has 1 aromatic rings. The van der Waals surface area contributed by atoms with Crippen LogP contribution in [-0.4, -0.2) is 31.3 Å². The van der Waals surface area contributed by atoms with Crippen molar-refractivity contribution in [2.75, 3.05) is 19.7 Å². The Kier molecular flexibility index (Phi) is 8.34. The van der Waals surface area contributed by atoms with Gasteiger partial charge in [0.05, 0.1) is 23.8 Å². The highest BCUT2D eigenvalue weighted by Crippen LogP contribution is 2.23. The minimum Gasteiger partial charge on any atom is -0.373 e. The summed E-state index contributed by atoms with van der Waals surface area (Å²) >= 11 is 0. The van der Waals surface area contributed by atoms with Gasteiger partial charge in [-0.3, -0.25) is 0 Å². The number of hydrogen-bond donors (Lipinski definition) is 2. The molecule has 2 N–H and O–H groups in total. The third-order valence-electron chi connectivity index (χ3n) is 3.78. The van der Waals surface area contributed by atoms with Gasteiger partial charge >= 0.3 is 0 Å². The Balaban J connectivity index is 0.00000264. The van der Waals surface area contributed by atoms with E-state index in [1.165, 1.54) is 0 Å². The van der Waals surface area contributed by atoms with Crippen molar-refractivity contribution in [3.8, 4) is 6.07 Å². The van der Waals surface area contributed by atoms with Crippen LogP contribution in [0.1, 0.15) is 37.8 Å². The van der Waals surface area contributed by atoms with Gasteiger partial charge in [0.1, 0.15) is 0 Å². The molecule has 1 atom stereocenters. The third kappa shape index (κ3) is 6.36. The van der Waals surface area contributed by atoms with Gasteiger partial charge in [-0.2, -0.15) is 5.26 Å². The number of hydrogen-bond acceptors (Lipinski definition) is 3. The Morgan fingerprint density at radius 2 is 2.09 bits per heavy atom. The zero-order valence-electron chi connectivity index (χ0n) is 13.8. The van der Waals surface area contributed by atoms with Crippen molar-refractivity contribution in [1.29, 1.82) is 5.26 Å². The molecule has 1 aliphatic rings. The van der Waals surface area contributed by atoms with Gasteiger partial charge in [-0.25, -0.2) is 4.99 Å². The number of halogens is 1. The number of guanidine groups is 1. The van der Waals surface area contributed by atoms with Gasteiger partial charge in [-0.1, -0.05) is 12.1 Å². The van der Waals surface area contributed by atoms with Gasteiger partial charge < -0.3 is 15.4 Å². The summed E-state index contributed by atoms with van der Waals surface area (Å²) in [6.07, 6.45) is 2.20. The number of nitrogens with one attached hydrogen (secondary N) is 2. The van der Waals surface area contributed by atoms with Crippen LogP contribution in [0.15, 0.2) is 29.3 Å². The number of rotatable bonds is 5. The maximum Gasteiger partial charge on any atom is 0.191 e. The minimum atomic E-state index is -0.0926. The van der Waals surface area contributed by atoms with Gasteiger partial charge in [0.25, 0.3) is 0 Å². The normalized spacial score (nSPS) is 20.5. The first-order chi connectivity index (χ1) is 10.6. The number of nitriles is 1. The van der Waals surface area contributed by atoms with Gasteiger partial charge in [-0.15, -0.1) is 24.0 Å². The van der Waals surface area contributed by atoms with Crippen molar-refractivity contribution in [2.24, 2.45) is 4.99 Å². The van der Waals surface area contributed by atoms with E-state index in [1.54, 1.807) is 0 Å². The number of ether oxygens (including phenoxy) is 1. The number of benzene rings is 1. The highest BCUT2D eigenvalue weighted by molar-refractivity contribution is 14.0. The first-order valence-corrected chi connectivity index (χ1v) is 7.80. The molecule has 1 aliphatic heterocycles. The van der Waals surface area contributed by atoms with E-state index in [0.717, 1.165) is 44.1 Å². The predicted molar refractivity (Wildman–Crippen MR) is 103 cm³/mol. The molecule has 0 spiro atoms. The van der Waals surface area contributed by atoms with Crippen LogP contribution in [0.25, 0.3) is 0 Å². The van der Waals surface area contributed by atoms with Crippen LogP contribution in [0.2, 0.25) is 0 Å². The molecule has 0 aromatic heterocycles. The molecule has 2 rings (SSSR count). The molecule has 1 saturated heterocycles. The fourth-order valence-corrected chi connectivity index (χ4v) is 2.44. The van der Waals surface area contributed by atoms with Crippen LogP contribution in [0.3, 0.4) is 0 Å². The molecule has 0 bridgehead atoms. The lowest BCUT2D eigenvalue weighted by atomic mass is 10.0. The molecule has 0 saturated carbocycles. The monoisotopic (exact) mass is 428 g/mol. The molecule has 126 valence electrons. The molecule has 6 heteroatoms. The van der Waals surface area contributed by atoms with E-state index in [-0.39, 0.29) is 29.6 Å². The maximum absolute atomic E-state index is 8.81. The molecule has 1 unspecified atom stereocenters. The van der Waals surface area contributed by atoms with Crippen LogP contribution >= 0.6 is 24.0 Å². The smallest absolute Gasteiger partial charge is 0.191 e. The molecule has 5 nitrogen and oxygen atoms in total. The lowest BCUT2D eigenvalue weighted by Gasteiger charge is -2.24. The van der Waals surface area contributed by atoms with Gasteiger partial charge in [0.2, 0.25) is 0 Å². The Morgan fingerprint density at radius 1 is 1.35 bits per heavy atom. The molecule has 0 amide bonds. The summed E-state index contributed by atoms with van der Waals surface area (Å²) in [5.41, 5.74) is 1.66.